The Morgan fingerprint density at radius 2 is 2.15 bits per heavy atom. The maximum Gasteiger partial charge on any atom is 0.194 e. The van der Waals surface area contributed by atoms with Crippen LogP contribution < -0.4 is 5.32 Å². The maximum atomic E-state index is 6.10. The molecule has 0 aromatic carbocycles. The van der Waals surface area contributed by atoms with Crippen molar-refractivity contribution in [1.82, 2.24) is 25.0 Å². The van der Waals surface area contributed by atoms with E-state index in [1.807, 2.05) is 11.6 Å². The normalized spacial score (nSPS) is 21.8. The van der Waals surface area contributed by atoms with Gasteiger partial charge < -0.3 is 24.3 Å². The summed E-state index contributed by atoms with van der Waals surface area (Å²) in [6.45, 7) is 7.13. The minimum Gasteiger partial charge on any atom is -0.376 e. The van der Waals surface area contributed by atoms with Gasteiger partial charge in [0.05, 0.1) is 25.4 Å². The number of likely N-dealkylation sites (tertiary alicyclic amines) is 1. The van der Waals surface area contributed by atoms with Crippen molar-refractivity contribution in [2.24, 2.45) is 4.99 Å². The van der Waals surface area contributed by atoms with Gasteiger partial charge in [0.25, 0.3) is 0 Å². The Hall–Kier alpha value is -0.940. The number of nitrogens with zero attached hydrogens (tertiary/aromatic N) is 5. The molecule has 0 saturated carbocycles. The Bertz CT molecular complexity index is 568. The molecular weight excluding hydrogens is 459 g/mol. The topological polar surface area (TPSA) is 76.8 Å². The van der Waals surface area contributed by atoms with Crippen molar-refractivity contribution in [2.75, 3.05) is 33.4 Å². The highest BCUT2D eigenvalue weighted by Gasteiger charge is 2.24. The number of nitrogens with one attached hydrogen (secondary N) is 1. The first-order valence-electron chi connectivity index (χ1n) is 9.85. The summed E-state index contributed by atoms with van der Waals surface area (Å²) in [5.41, 5.74) is 0. The molecule has 1 aromatic rings. The summed E-state index contributed by atoms with van der Waals surface area (Å²) in [5.74, 6) is 1.85. The summed E-state index contributed by atoms with van der Waals surface area (Å²) in [5, 5.41) is 11.5. The summed E-state index contributed by atoms with van der Waals surface area (Å²) in [7, 11) is 1.83. The minimum absolute atomic E-state index is 0. The zero-order chi connectivity index (χ0) is 18.2. The molecule has 0 spiro atoms. The van der Waals surface area contributed by atoms with Gasteiger partial charge in [0, 0.05) is 33.3 Å². The third-order valence-corrected chi connectivity index (χ3v) is 5.19. The molecule has 154 valence electrons. The Balaban J connectivity index is 0.00000261. The Morgan fingerprint density at radius 1 is 1.33 bits per heavy atom. The lowest BCUT2D eigenvalue weighted by atomic mass is 10.1. The van der Waals surface area contributed by atoms with Crippen LogP contribution in [0.3, 0.4) is 0 Å². The summed E-state index contributed by atoms with van der Waals surface area (Å²) in [4.78, 5) is 6.72. The SMILES string of the molecule is CCn1cnnc1CNC(=NC)N1CCC(OCC2CCCCO2)CC1.I. The maximum absolute atomic E-state index is 6.10. The largest absolute Gasteiger partial charge is 0.376 e. The van der Waals surface area contributed by atoms with Crippen LogP contribution in [0, 0.1) is 0 Å². The van der Waals surface area contributed by atoms with Crippen LogP contribution in [-0.2, 0) is 22.6 Å². The first-order chi connectivity index (χ1) is 12.8. The summed E-state index contributed by atoms with van der Waals surface area (Å²) >= 11 is 0. The number of halogens is 1. The van der Waals surface area contributed by atoms with Gasteiger partial charge in [0.15, 0.2) is 11.8 Å². The van der Waals surface area contributed by atoms with Crippen molar-refractivity contribution in [1.29, 1.82) is 0 Å². The molecule has 2 fully saturated rings. The molecule has 1 aromatic heterocycles. The average molecular weight is 492 g/mol. The Labute approximate surface area is 179 Å². The molecule has 3 heterocycles. The van der Waals surface area contributed by atoms with E-state index in [1.165, 1.54) is 12.8 Å². The van der Waals surface area contributed by atoms with E-state index in [0.717, 1.165) is 63.9 Å². The van der Waals surface area contributed by atoms with Gasteiger partial charge in [-0.25, -0.2) is 0 Å². The van der Waals surface area contributed by atoms with Crippen molar-refractivity contribution in [2.45, 2.75) is 64.3 Å². The number of hydrogen-bond acceptors (Lipinski definition) is 5. The van der Waals surface area contributed by atoms with Crippen LogP contribution in [0.4, 0.5) is 0 Å². The molecule has 1 N–H and O–H groups in total. The van der Waals surface area contributed by atoms with Crippen molar-refractivity contribution >= 4 is 29.9 Å². The number of guanidine groups is 1. The number of aryl methyl sites for hydroxylation is 1. The number of aliphatic imine (C=N–C) groups is 1. The van der Waals surface area contributed by atoms with E-state index in [1.54, 1.807) is 6.33 Å². The molecule has 1 atom stereocenters. The standard InChI is InChI=1S/C18H32N6O2.HI/c1-3-23-14-21-22-17(23)12-20-18(19-2)24-9-7-15(8-10-24)26-13-16-6-4-5-11-25-16;/h14-16H,3-13H2,1-2H3,(H,19,20);1H. The lowest BCUT2D eigenvalue weighted by Gasteiger charge is -2.35. The highest BCUT2D eigenvalue weighted by molar-refractivity contribution is 14.0. The van der Waals surface area contributed by atoms with Gasteiger partial charge in [0.1, 0.15) is 6.33 Å². The van der Waals surface area contributed by atoms with Crippen LogP contribution in [0.1, 0.15) is 44.9 Å². The van der Waals surface area contributed by atoms with Gasteiger partial charge in [-0.2, -0.15) is 0 Å². The van der Waals surface area contributed by atoms with Crippen LogP contribution >= 0.6 is 24.0 Å². The first-order valence-corrected chi connectivity index (χ1v) is 9.85. The predicted molar refractivity (Wildman–Crippen MR) is 115 cm³/mol. The highest BCUT2D eigenvalue weighted by Crippen LogP contribution is 2.18. The fraction of sp³-hybridized carbons (Fsp3) is 0.833. The molecule has 2 aliphatic heterocycles. The number of piperidine rings is 1. The van der Waals surface area contributed by atoms with Gasteiger partial charge >= 0.3 is 0 Å². The first kappa shape index (κ1) is 22.4. The molecule has 2 saturated heterocycles. The van der Waals surface area contributed by atoms with Gasteiger partial charge in [-0.15, -0.1) is 34.2 Å². The molecule has 8 nitrogen and oxygen atoms in total. The summed E-state index contributed by atoms with van der Waals surface area (Å²) in [6, 6.07) is 0. The van der Waals surface area contributed by atoms with Crippen LogP contribution in [0.5, 0.6) is 0 Å². The second-order valence-electron chi connectivity index (χ2n) is 6.94. The van der Waals surface area contributed by atoms with Crippen LogP contribution in [-0.4, -0.2) is 71.2 Å². The van der Waals surface area contributed by atoms with Crippen molar-refractivity contribution in [3.05, 3.63) is 12.2 Å². The summed E-state index contributed by atoms with van der Waals surface area (Å²) < 4.78 is 13.9. The van der Waals surface area contributed by atoms with Crippen molar-refractivity contribution in [3.8, 4) is 0 Å². The fourth-order valence-electron chi connectivity index (χ4n) is 3.59. The van der Waals surface area contributed by atoms with Gasteiger partial charge in [-0.05, 0) is 39.0 Å². The van der Waals surface area contributed by atoms with Crippen LogP contribution in [0.15, 0.2) is 11.3 Å². The lowest BCUT2D eigenvalue weighted by Crippen LogP contribution is -2.47. The van der Waals surface area contributed by atoms with Gasteiger partial charge in [-0.1, -0.05) is 0 Å². The third kappa shape index (κ3) is 6.56. The molecule has 9 heteroatoms. The fourth-order valence-corrected chi connectivity index (χ4v) is 3.59. The summed E-state index contributed by atoms with van der Waals surface area (Å²) in [6.07, 6.45) is 8.04. The van der Waals surface area contributed by atoms with Crippen molar-refractivity contribution < 1.29 is 9.47 Å². The van der Waals surface area contributed by atoms with Gasteiger partial charge in [0.2, 0.25) is 0 Å². The molecular formula is C18H33IN6O2. The Morgan fingerprint density at radius 3 is 2.81 bits per heavy atom. The quantitative estimate of drug-likeness (QED) is 0.372. The van der Waals surface area contributed by atoms with E-state index in [-0.39, 0.29) is 24.0 Å². The molecule has 3 rings (SSSR count). The van der Waals surface area contributed by atoms with Crippen molar-refractivity contribution in [3.63, 3.8) is 0 Å². The Kier molecular flexibility index (Phi) is 9.77. The molecule has 0 aliphatic carbocycles. The second-order valence-corrected chi connectivity index (χ2v) is 6.94. The smallest absolute Gasteiger partial charge is 0.194 e. The molecule has 27 heavy (non-hydrogen) atoms. The second kappa shape index (κ2) is 11.8. The lowest BCUT2D eigenvalue weighted by molar-refractivity contribution is -0.0721. The predicted octanol–water partition coefficient (Wildman–Crippen LogP) is 2.04. The number of rotatable bonds is 6. The van der Waals surface area contributed by atoms with Crippen LogP contribution in [0.2, 0.25) is 0 Å². The van der Waals surface area contributed by atoms with E-state index in [0.29, 0.717) is 18.8 Å². The zero-order valence-electron chi connectivity index (χ0n) is 16.5. The zero-order valence-corrected chi connectivity index (χ0v) is 18.8. The van der Waals surface area contributed by atoms with E-state index in [9.17, 15) is 0 Å². The number of aromatic nitrogens is 3. The van der Waals surface area contributed by atoms with E-state index >= 15 is 0 Å². The van der Waals surface area contributed by atoms with Crippen LogP contribution in [0.25, 0.3) is 0 Å². The van der Waals surface area contributed by atoms with Gasteiger partial charge in [-0.3, -0.25) is 4.99 Å². The van der Waals surface area contributed by atoms with E-state index in [2.05, 4.69) is 32.3 Å². The van der Waals surface area contributed by atoms with E-state index < -0.39 is 0 Å². The highest BCUT2D eigenvalue weighted by atomic mass is 127. The molecule has 0 bridgehead atoms. The number of ether oxygens (including phenoxy) is 2. The average Bonchev–Trinajstić information content (AvgIpc) is 3.16. The van der Waals surface area contributed by atoms with E-state index in [4.69, 9.17) is 9.47 Å². The minimum atomic E-state index is 0. The molecule has 0 amide bonds. The number of hydrogen-bond donors (Lipinski definition) is 1. The third-order valence-electron chi connectivity index (χ3n) is 5.19. The molecule has 0 radical (unpaired) electrons. The molecule has 1 unspecified atom stereocenters. The monoisotopic (exact) mass is 492 g/mol. The molecule has 2 aliphatic rings.